The van der Waals surface area contributed by atoms with Crippen molar-refractivity contribution in [2.45, 2.75) is 225 Å². The van der Waals surface area contributed by atoms with Crippen molar-refractivity contribution < 1.29 is 66.8 Å². The van der Waals surface area contributed by atoms with E-state index in [4.69, 9.17) is 38.9 Å². The first kappa shape index (κ1) is 90.5. The molecule has 4 aliphatic heterocycles. The number of piperidine rings is 2. The summed E-state index contributed by atoms with van der Waals surface area (Å²) in [5.74, 6) is 3.29. The normalized spacial score (nSPS) is 21.4. The zero-order valence-corrected chi connectivity index (χ0v) is 76.5. The van der Waals surface area contributed by atoms with Gasteiger partial charge in [-0.25, -0.2) is 43.9 Å². The van der Waals surface area contributed by atoms with Gasteiger partial charge in [0.2, 0.25) is 17.7 Å². The maximum Gasteiger partial charge on any atom is 0.411 e. The first-order valence-electron chi connectivity index (χ1n) is 45.7. The third kappa shape index (κ3) is 19.1. The van der Waals surface area contributed by atoms with Crippen LogP contribution in [0.5, 0.6) is 0 Å². The van der Waals surface area contributed by atoms with Crippen molar-refractivity contribution in [1.29, 1.82) is 0 Å². The van der Waals surface area contributed by atoms with Gasteiger partial charge in [-0.05, 0) is 231 Å². The van der Waals surface area contributed by atoms with Crippen LogP contribution >= 0.6 is 0 Å². The Kier molecular flexibility index (Phi) is 26.0. The van der Waals surface area contributed by atoms with Crippen molar-refractivity contribution >= 4 is 75.5 Å². The smallest absolute Gasteiger partial charge is 0.411 e. The van der Waals surface area contributed by atoms with Crippen LogP contribution in [0, 0.1) is 34.5 Å². The van der Waals surface area contributed by atoms with Gasteiger partial charge >= 0.3 is 30.5 Å². The van der Waals surface area contributed by atoms with Gasteiger partial charge in [-0.2, -0.15) is 0 Å². The fourth-order valence-corrected chi connectivity index (χ4v) is 20.3. The summed E-state index contributed by atoms with van der Waals surface area (Å²) in [7, 11) is 5.19. The number of methoxy groups -OCH3 is 4. The molecule has 4 aliphatic carbocycles. The lowest BCUT2D eigenvalue weighted by Crippen LogP contribution is -2.51. The molecular weight excluding hydrogens is 1650 g/mol. The number of hydrogen-bond acceptors (Lipinski definition) is 18. The van der Waals surface area contributed by atoms with Crippen LogP contribution in [0.1, 0.15) is 207 Å². The number of nitrogens with one attached hydrogen (secondary N) is 8. The van der Waals surface area contributed by atoms with E-state index < -0.39 is 54.1 Å². The van der Waals surface area contributed by atoms with Crippen LogP contribution in [0.2, 0.25) is 0 Å². The largest absolute Gasteiger partial charge is 0.453 e. The van der Waals surface area contributed by atoms with Crippen LogP contribution in [0.25, 0.3) is 88.8 Å². The average Bonchev–Trinajstić information content (AvgIpc) is 1.57. The van der Waals surface area contributed by atoms with E-state index in [1.54, 1.807) is 0 Å². The molecule has 4 bridgehead atoms. The molecule has 30 nitrogen and oxygen atoms in total. The summed E-state index contributed by atoms with van der Waals surface area (Å²) in [5.41, 5.74) is 11.8. The van der Waals surface area contributed by atoms with Crippen molar-refractivity contribution in [3.63, 3.8) is 0 Å². The molecule has 18 rings (SSSR count). The van der Waals surface area contributed by atoms with Gasteiger partial charge in [-0.15, -0.1) is 0 Å². The van der Waals surface area contributed by atoms with Gasteiger partial charge in [0.1, 0.15) is 47.0 Å². The highest BCUT2D eigenvalue weighted by atomic mass is 16.6. The molecular formula is C100H120N16O14. The molecule has 0 radical (unpaired) electrons. The number of amides is 8. The standard InChI is InChI=1S/C47H54N8O6.C46H53N7O5.C7H13NO3/c1-6-35(52-45(58)60-4)43(56)55-34-16-15-33(21-34)40(55)42-49-23-36(51-42)28-9-7-27(8-10-28)29-11-12-31-20-32(14-13-30(31)19-29)37-24-48-41(50-37)38-22-47(17-18-47)25-54(38)44(57)39(26(2)3)53-46(59)61-5;1-26(2)38(51-43(55)57-6)42(54)52-25-46(17-18-46)22-37(52)40-47-24-36(49-40)32-14-13-30-19-29(11-12-31(30)20-32)27-7-9-28(10-8-27)35-23-48-41(50-35)39-33-15-16-34(21-33)53(39)44(56)58-45(3,4)5;1-4-6(5(2)9)8-7(10)11-3/h7-14,19-20,23-24,26,33-35,38-40H,6,15-18,21-22,25H2,1-5H3,(H,48,50)(H,49,51)(H,52,58)(H,53,59);7-14,19-20,23-24,26,33-34,37-39H,15-18,21-22,25H2,1-6H3,(H,47,49)(H,48,50)(H,51,55);6H,4H2,1-3H3,(H,8,10)/t33-,34+,35-,38-,39-,40-;33-,34+,37-,38-,39-;6-/m000/s1. The Morgan fingerprint density at radius 2 is 0.754 bits per heavy atom. The third-order valence-electron chi connectivity index (χ3n) is 27.8. The number of carbonyl (C=O) groups is 9. The number of alkyl carbamates (subject to hydrolysis) is 4. The quantitative estimate of drug-likeness (QED) is 0.0292. The second kappa shape index (κ2) is 37.3. The maximum atomic E-state index is 13.9. The molecule has 8 aliphatic rings. The lowest BCUT2D eigenvalue weighted by atomic mass is 9.97. The number of nitrogens with zero attached hydrogens (tertiary/aromatic N) is 8. The van der Waals surface area contributed by atoms with Gasteiger partial charge in [0.05, 0.1) is 106 Å². The van der Waals surface area contributed by atoms with Crippen LogP contribution in [-0.2, 0) is 42.9 Å². The van der Waals surface area contributed by atoms with E-state index in [2.05, 4.69) is 167 Å². The Morgan fingerprint density at radius 1 is 0.423 bits per heavy atom. The highest BCUT2D eigenvalue weighted by molar-refractivity contribution is 5.94. The number of imidazole rings is 4. The molecule has 4 saturated heterocycles. The van der Waals surface area contributed by atoms with Gasteiger partial charge in [0.25, 0.3) is 0 Å². The monoisotopic (exact) mass is 1770 g/mol. The van der Waals surface area contributed by atoms with E-state index in [-0.39, 0.29) is 88.5 Å². The molecule has 8 amide bonds. The molecule has 12 atom stereocenters. The molecule has 130 heavy (non-hydrogen) atoms. The van der Waals surface area contributed by atoms with E-state index in [0.717, 1.165) is 189 Å². The zero-order valence-electron chi connectivity index (χ0n) is 76.5. The molecule has 4 saturated carbocycles. The molecule has 10 aromatic rings. The lowest BCUT2D eigenvalue weighted by Gasteiger charge is -2.36. The summed E-state index contributed by atoms with van der Waals surface area (Å²) in [4.78, 5) is 153. The molecule has 0 unspecified atom stereocenters. The number of H-pyrrole nitrogens is 4. The van der Waals surface area contributed by atoms with Crippen molar-refractivity contribution in [2.24, 2.45) is 34.5 Å². The Balaban J connectivity index is 0.000000171. The Morgan fingerprint density at radius 3 is 1.12 bits per heavy atom. The van der Waals surface area contributed by atoms with Crippen molar-refractivity contribution in [2.75, 3.05) is 41.5 Å². The molecule has 8 heterocycles. The maximum absolute atomic E-state index is 13.9. The molecule has 8 N–H and O–H groups in total. The van der Waals surface area contributed by atoms with E-state index in [0.29, 0.717) is 37.8 Å². The fourth-order valence-electron chi connectivity index (χ4n) is 20.3. The van der Waals surface area contributed by atoms with Gasteiger partial charge in [0, 0.05) is 36.3 Å². The van der Waals surface area contributed by atoms with E-state index in [1.165, 1.54) is 35.4 Å². The van der Waals surface area contributed by atoms with Gasteiger partial charge < -0.3 is 79.6 Å². The first-order valence-corrected chi connectivity index (χ1v) is 45.7. The number of aromatic amines is 4. The number of benzene rings is 6. The Hall–Kier alpha value is -12.9. The highest BCUT2D eigenvalue weighted by Gasteiger charge is 2.58. The zero-order chi connectivity index (χ0) is 91.9. The van der Waals surface area contributed by atoms with Gasteiger partial charge in [0.15, 0.2) is 5.78 Å². The predicted molar refractivity (Wildman–Crippen MR) is 491 cm³/mol. The van der Waals surface area contributed by atoms with Crippen LogP contribution in [0.4, 0.5) is 24.0 Å². The number of hydrogen-bond donors (Lipinski definition) is 8. The SMILES string of the molecule is CC[C@H](NC(=O)OC)C(=O)N1[C@@H]2CC[C@@H](C2)[C@H]1c1ncc(-c2ccc(-c3ccc4cc(-c5cnc([C@@H]6CC7(CC7)CN6C(=O)[C@@H](NC(=O)OC)C(C)C)[nH]5)ccc4c3)cc2)[nH]1.CC[C@H](NC(=O)OC)C(C)=O.COC(=O)N[C@H](C(=O)N1CC2(CC2)C[C@H]1c1ncc(-c2ccc3cc(-c4ccc(-c5cnc([C@@H]6[C@H]7CC[C@H](C7)N6C(=O)OC(C)(C)C)[nH]5)cc4)ccc3c2)[nH]1)C(C)C. The number of carbonyl (C=O) groups excluding carboxylic acids is 9. The number of aromatic nitrogens is 8. The van der Waals surface area contributed by atoms with E-state index in [1.807, 2.05) is 107 Å². The molecule has 4 aromatic heterocycles. The van der Waals surface area contributed by atoms with Crippen LogP contribution in [0.15, 0.2) is 146 Å². The number of fused-ring (bicyclic) bond motifs is 6. The molecule has 2 spiro atoms. The summed E-state index contributed by atoms with van der Waals surface area (Å²) >= 11 is 0. The highest BCUT2D eigenvalue weighted by Crippen LogP contribution is 2.60. The molecule has 30 heteroatoms. The lowest BCUT2D eigenvalue weighted by molar-refractivity contribution is -0.138. The summed E-state index contributed by atoms with van der Waals surface area (Å²) < 4.78 is 24.6. The number of Topliss-reactive ketones (excluding diaryl/α,β-unsaturated/α-hetero) is 1. The summed E-state index contributed by atoms with van der Waals surface area (Å²) in [6, 6.07) is 40.0. The number of ketones is 1. The minimum atomic E-state index is -0.686. The summed E-state index contributed by atoms with van der Waals surface area (Å²) in [6.45, 7) is 19.9. The predicted octanol–water partition coefficient (Wildman–Crippen LogP) is 17.8. The minimum Gasteiger partial charge on any atom is -0.453 e. The first-order chi connectivity index (χ1) is 62.4. The van der Waals surface area contributed by atoms with Crippen LogP contribution in [0.3, 0.4) is 0 Å². The molecule has 8 fully saturated rings. The van der Waals surface area contributed by atoms with E-state index >= 15 is 0 Å². The number of ether oxygens (including phenoxy) is 5. The third-order valence-corrected chi connectivity index (χ3v) is 27.8. The number of rotatable bonds is 22. The van der Waals surface area contributed by atoms with Crippen LogP contribution in [-0.4, -0.2) is 197 Å². The van der Waals surface area contributed by atoms with Crippen molar-refractivity contribution in [1.82, 2.24) is 80.7 Å². The summed E-state index contributed by atoms with van der Waals surface area (Å²) in [5, 5.41) is 15.1. The minimum absolute atomic E-state index is 0.0575. The summed E-state index contributed by atoms with van der Waals surface area (Å²) in [6.07, 6.45) is 18.0. The Labute approximate surface area is 757 Å². The van der Waals surface area contributed by atoms with Gasteiger partial charge in [-0.1, -0.05) is 139 Å². The second-order valence-electron chi connectivity index (χ2n) is 38.3. The van der Waals surface area contributed by atoms with Gasteiger partial charge in [-0.3, -0.25) is 24.1 Å². The Bertz CT molecular complexity index is 5880. The molecule has 6 aromatic carbocycles. The van der Waals surface area contributed by atoms with Crippen molar-refractivity contribution in [3.05, 3.63) is 169 Å². The van der Waals surface area contributed by atoms with Crippen molar-refractivity contribution in [3.8, 4) is 67.3 Å². The second-order valence-corrected chi connectivity index (χ2v) is 38.3. The van der Waals surface area contributed by atoms with Crippen LogP contribution < -0.4 is 21.3 Å². The topological polar surface area (TPSA) is 376 Å². The average molecular weight is 1770 g/mol. The van der Waals surface area contributed by atoms with E-state index in [9.17, 15) is 43.2 Å². The molecule has 684 valence electrons. The number of likely N-dealkylation sites (tertiary alicyclic amines) is 4. The fraction of sp³-hybridized carbons (Fsp3) is 0.470.